The molecule has 0 aliphatic carbocycles. The van der Waals surface area contributed by atoms with Gasteiger partial charge >= 0.3 is 0 Å². The summed E-state index contributed by atoms with van der Waals surface area (Å²) >= 11 is 3.47. The van der Waals surface area contributed by atoms with Gasteiger partial charge in [0.05, 0.1) is 25.2 Å². The summed E-state index contributed by atoms with van der Waals surface area (Å²) in [5.74, 6) is 2.21. The average molecular weight is 490 g/mol. The van der Waals surface area contributed by atoms with Crippen molar-refractivity contribution in [1.29, 1.82) is 0 Å². The third-order valence-electron chi connectivity index (χ3n) is 4.65. The lowest BCUT2D eigenvalue weighted by Gasteiger charge is -2.16. The van der Waals surface area contributed by atoms with Crippen molar-refractivity contribution in [1.82, 2.24) is 15.1 Å². The third kappa shape index (κ3) is 5.55. The highest BCUT2D eigenvalue weighted by Crippen LogP contribution is 2.32. The number of nitrogens with zero attached hydrogens (tertiary/aromatic N) is 3. The van der Waals surface area contributed by atoms with Crippen LogP contribution in [0.4, 0.5) is 0 Å². The van der Waals surface area contributed by atoms with E-state index in [1.807, 2.05) is 18.2 Å². The Bertz CT molecular complexity index is 1050. The number of ether oxygens (including phenoxy) is 3. The summed E-state index contributed by atoms with van der Waals surface area (Å²) in [6.45, 7) is 2.14. The number of carbonyl (C=O) groups excluding carboxylic acids is 1. The molecule has 0 aliphatic heterocycles. The first-order chi connectivity index (χ1) is 14.9. The summed E-state index contributed by atoms with van der Waals surface area (Å²) in [6, 6.07) is 11.1. The summed E-state index contributed by atoms with van der Waals surface area (Å²) < 4.78 is 22.7. The van der Waals surface area contributed by atoms with Crippen molar-refractivity contribution in [2.75, 3.05) is 27.9 Å². The van der Waals surface area contributed by atoms with E-state index in [1.165, 1.54) is 10.5 Å². The maximum absolute atomic E-state index is 12.5. The molecular weight excluding hydrogens is 466 g/mol. The Hall–Kier alpha value is -3.07. The van der Waals surface area contributed by atoms with Crippen LogP contribution in [0.3, 0.4) is 0 Å². The van der Waals surface area contributed by atoms with Crippen LogP contribution in [0.2, 0.25) is 0 Å². The molecule has 0 bridgehead atoms. The first kappa shape index (κ1) is 22.6. The molecular formula is C22H24BrN3O5. The molecule has 0 fully saturated rings. The van der Waals surface area contributed by atoms with Crippen LogP contribution in [0.15, 0.2) is 45.3 Å². The van der Waals surface area contributed by atoms with Gasteiger partial charge in [0, 0.05) is 12.6 Å². The summed E-state index contributed by atoms with van der Waals surface area (Å²) in [7, 11) is 4.78. The fourth-order valence-corrected chi connectivity index (χ4v) is 3.37. The van der Waals surface area contributed by atoms with Gasteiger partial charge in [0.1, 0.15) is 5.75 Å². The van der Waals surface area contributed by atoms with Gasteiger partial charge in [-0.25, -0.2) is 0 Å². The second-order valence-corrected chi connectivity index (χ2v) is 7.58. The van der Waals surface area contributed by atoms with Gasteiger partial charge in [-0.3, -0.25) is 4.79 Å². The van der Waals surface area contributed by atoms with Crippen LogP contribution in [-0.2, 0) is 17.8 Å². The van der Waals surface area contributed by atoms with Crippen LogP contribution >= 0.6 is 15.9 Å². The van der Waals surface area contributed by atoms with E-state index in [4.69, 9.17) is 18.6 Å². The molecule has 0 atom stereocenters. The van der Waals surface area contributed by atoms with Gasteiger partial charge in [-0.05, 0) is 58.2 Å². The maximum Gasteiger partial charge on any atom is 0.260 e. The van der Waals surface area contributed by atoms with Crippen LogP contribution in [0.1, 0.15) is 18.4 Å². The Labute approximate surface area is 189 Å². The maximum atomic E-state index is 12.5. The molecule has 2 aromatic carbocycles. The Morgan fingerprint density at radius 2 is 1.81 bits per heavy atom. The van der Waals surface area contributed by atoms with E-state index in [2.05, 4.69) is 33.1 Å². The van der Waals surface area contributed by atoms with E-state index in [1.54, 1.807) is 39.5 Å². The quantitative estimate of drug-likeness (QED) is 0.446. The molecule has 0 saturated carbocycles. The van der Waals surface area contributed by atoms with Crippen LogP contribution in [0.25, 0.3) is 11.5 Å². The number of carbonyl (C=O) groups is 1. The summed E-state index contributed by atoms with van der Waals surface area (Å²) in [5, 5.41) is 8.10. The van der Waals surface area contributed by atoms with E-state index >= 15 is 0 Å². The van der Waals surface area contributed by atoms with E-state index in [-0.39, 0.29) is 19.1 Å². The molecule has 3 rings (SSSR count). The molecule has 9 heteroatoms. The minimum absolute atomic E-state index is 0.1000. The lowest BCUT2D eigenvalue weighted by Crippen LogP contribution is -2.31. The van der Waals surface area contributed by atoms with Gasteiger partial charge in [-0.15, -0.1) is 10.2 Å². The lowest BCUT2D eigenvalue weighted by molar-refractivity contribution is -0.132. The molecule has 3 aromatic rings. The molecule has 31 heavy (non-hydrogen) atoms. The normalized spacial score (nSPS) is 10.6. The zero-order valence-corrected chi connectivity index (χ0v) is 19.4. The monoisotopic (exact) mass is 489 g/mol. The fraction of sp³-hybridized carbons (Fsp3) is 0.318. The van der Waals surface area contributed by atoms with Gasteiger partial charge in [-0.2, -0.15) is 0 Å². The molecule has 0 unspecified atom stereocenters. The van der Waals surface area contributed by atoms with Crippen molar-refractivity contribution >= 4 is 21.8 Å². The third-order valence-corrected chi connectivity index (χ3v) is 5.27. The highest BCUT2D eigenvalue weighted by molar-refractivity contribution is 9.10. The molecule has 0 aliphatic rings. The number of halogens is 1. The van der Waals surface area contributed by atoms with Crippen molar-refractivity contribution in [3.63, 3.8) is 0 Å². The number of benzene rings is 2. The molecule has 1 heterocycles. The van der Waals surface area contributed by atoms with Crippen molar-refractivity contribution in [2.45, 2.75) is 19.9 Å². The van der Waals surface area contributed by atoms with Crippen molar-refractivity contribution in [3.8, 4) is 28.7 Å². The highest BCUT2D eigenvalue weighted by atomic mass is 79.9. The highest BCUT2D eigenvalue weighted by Gasteiger charge is 2.17. The number of amides is 1. The zero-order chi connectivity index (χ0) is 22.4. The van der Waals surface area contributed by atoms with Gasteiger partial charge in [-0.1, -0.05) is 13.0 Å². The van der Waals surface area contributed by atoms with Crippen LogP contribution in [0.5, 0.6) is 17.2 Å². The van der Waals surface area contributed by atoms with Crippen molar-refractivity contribution in [3.05, 3.63) is 52.3 Å². The average Bonchev–Trinajstić information content (AvgIpc) is 3.25. The predicted octanol–water partition coefficient (Wildman–Crippen LogP) is 4.12. The molecule has 164 valence electrons. The second kappa shape index (κ2) is 10.3. The predicted molar refractivity (Wildman–Crippen MR) is 118 cm³/mol. The first-order valence-corrected chi connectivity index (χ1v) is 10.4. The smallest absolute Gasteiger partial charge is 0.260 e. The first-order valence-electron chi connectivity index (χ1n) is 9.65. The molecule has 1 amide bonds. The minimum Gasteiger partial charge on any atom is -0.493 e. The topological polar surface area (TPSA) is 86.9 Å². The molecule has 1 aromatic heterocycles. The number of hydrogen-bond donors (Lipinski definition) is 0. The summed E-state index contributed by atoms with van der Waals surface area (Å²) in [4.78, 5) is 13.9. The van der Waals surface area contributed by atoms with E-state index < -0.39 is 0 Å². The van der Waals surface area contributed by atoms with Gasteiger partial charge in [0.15, 0.2) is 18.1 Å². The van der Waals surface area contributed by atoms with Crippen LogP contribution in [-0.4, -0.2) is 48.9 Å². The summed E-state index contributed by atoms with van der Waals surface area (Å²) in [6.07, 6.45) is 0.927. The molecule has 8 nitrogen and oxygen atoms in total. The minimum atomic E-state index is -0.211. The number of methoxy groups -OCH3 is 2. The van der Waals surface area contributed by atoms with Crippen molar-refractivity contribution < 1.29 is 23.4 Å². The number of aromatic nitrogens is 2. The Balaban J connectivity index is 1.60. The van der Waals surface area contributed by atoms with Gasteiger partial charge in [0.25, 0.3) is 5.91 Å². The van der Waals surface area contributed by atoms with Crippen LogP contribution in [0, 0.1) is 0 Å². The Kier molecular flexibility index (Phi) is 7.51. The molecule has 0 saturated heterocycles. The summed E-state index contributed by atoms with van der Waals surface area (Å²) in [5.41, 5.74) is 1.87. The number of likely N-dealkylation sites (N-methyl/N-ethyl adjacent to an activating group) is 1. The lowest BCUT2D eigenvalue weighted by atomic mass is 10.2. The molecule has 0 radical (unpaired) electrons. The van der Waals surface area contributed by atoms with Crippen molar-refractivity contribution in [2.24, 2.45) is 0 Å². The number of hydrogen-bond acceptors (Lipinski definition) is 7. The largest absolute Gasteiger partial charge is 0.493 e. The number of rotatable bonds is 9. The van der Waals surface area contributed by atoms with E-state index in [0.717, 1.165) is 10.9 Å². The fourth-order valence-electron chi connectivity index (χ4n) is 2.83. The standard InChI is InChI=1S/C22H24BrN3O5/c1-5-14-6-8-17(16(23)10-14)30-13-21(27)26(2)12-20-24-25-22(31-20)15-7-9-18(28-3)19(11-15)29-4/h6-11H,5,12-13H2,1-4H3. The Morgan fingerprint density at radius 1 is 1.06 bits per heavy atom. The SMILES string of the molecule is CCc1ccc(OCC(=O)N(C)Cc2nnc(-c3ccc(OC)c(OC)c3)o2)c(Br)c1. The molecule has 0 spiro atoms. The van der Waals surface area contributed by atoms with Crippen LogP contribution < -0.4 is 14.2 Å². The van der Waals surface area contributed by atoms with E-state index in [0.29, 0.717) is 34.6 Å². The number of aryl methyl sites for hydroxylation is 1. The Morgan fingerprint density at radius 3 is 2.48 bits per heavy atom. The molecule has 0 N–H and O–H groups in total. The second-order valence-electron chi connectivity index (χ2n) is 6.73. The zero-order valence-electron chi connectivity index (χ0n) is 17.8. The van der Waals surface area contributed by atoms with Gasteiger partial charge < -0.3 is 23.5 Å². The van der Waals surface area contributed by atoms with Gasteiger partial charge in [0.2, 0.25) is 11.8 Å². The van der Waals surface area contributed by atoms with E-state index in [9.17, 15) is 4.79 Å².